The third-order valence-electron chi connectivity index (χ3n) is 5.02. The normalized spacial score (nSPS) is 18.3. The van der Waals surface area contributed by atoms with Gasteiger partial charge in [-0.2, -0.15) is 0 Å². The number of hydrogen-bond donors (Lipinski definition) is 0. The smallest absolute Gasteiger partial charge is 0.374 e. The van der Waals surface area contributed by atoms with Crippen LogP contribution in [-0.4, -0.2) is 18.2 Å². The van der Waals surface area contributed by atoms with Gasteiger partial charge < -0.3 is 13.9 Å². The number of carbonyl (C=O) groups excluding carboxylic acids is 1. The number of hydrogen-bond acceptors (Lipinski definition) is 5. The van der Waals surface area contributed by atoms with Gasteiger partial charge in [-0.1, -0.05) is 13.8 Å². The van der Waals surface area contributed by atoms with Crippen LogP contribution in [0, 0.1) is 6.92 Å². The summed E-state index contributed by atoms with van der Waals surface area (Å²) in [6, 6.07) is 1.23. The van der Waals surface area contributed by atoms with Gasteiger partial charge in [0.25, 0.3) is 0 Å². The minimum atomic E-state index is -0.626. The van der Waals surface area contributed by atoms with Crippen molar-refractivity contribution in [1.29, 1.82) is 0 Å². The Labute approximate surface area is 153 Å². The van der Waals surface area contributed by atoms with Gasteiger partial charge in [-0.25, -0.2) is 4.79 Å². The quantitative estimate of drug-likeness (QED) is 0.756. The Hall–Kier alpha value is -2.30. The molecular weight excluding hydrogens is 332 g/mol. The maximum absolute atomic E-state index is 12.8. The van der Waals surface area contributed by atoms with Crippen molar-refractivity contribution < 1.29 is 18.7 Å². The number of ether oxygens (including phenoxy) is 2. The van der Waals surface area contributed by atoms with Crippen molar-refractivity contribution in [2.24, 2.45) is 0 Å². The van der Waals surface area contributed by atoms with E-state index in [1.165, 1.54) is 6.07 Å². The van der Waals surface area contributed by atoms with Gasteiger partial charge in [0.15, 0.2) is 5.43 Å². The molecule has 5 heteroatoms. The van der Waals surface area contributed by atoms with E-state index in [1.807, 2.05) is 13.8 Å². The number of rotatable bonds is 3. The van der Waals surface area contributed by atoms with Crippen LogP contribution in [0.15, 0.2) is 15.3 Å². The fourth-order valence-electron chi connectivity index (χ4n) is 4.12. The summed E-state index contributed by atoms with van der Waals surface area (Å²) in [5, 5.41) is 0.531. The average Bonchev–Trinajstić information content (AvgIpc) is 2.53. The number of carbonyl (C=O) groups is 1. The molecule has 140 valence electrons. The van der Waals surface area contributed by atoms with E-state index in [9.17, 15) is 9.59 Å². The molecule has 5 nitrogen and oxygen atoms in total. The molecule has 0 saturated heterocycles. The van der Waals surface area contributed by atoms with Gasteiger partial charge >= 0.3 is 5.97 Å². The topological polar surface area (TPSA) is 65.7 Å². The van der Waals surface area contributed by atoms with Crippen molar-refractivity contribution in [3.8, 4) is 5.75 Å². The first-order chi connectivity index (χ1) is 12.2. The minimum Gasteiger partial charge on any atom is -0.487 e. The summed E-state index contributed by atoms with van der Waals surface area (Å²) in [7, 11) is 0. The Morgan fingerprint density at radius 1 is 1.35 bits per heavy atom. The fourth-order valence-corrected chi connectivity index (χ4v) is 4.12. The molecule has 1 aliphatic rings. The van der Waals surface area contributed by atoms with Crippen LogP contribution in [0.2, 0.25) is 0 Å². The predicted molar refractivity (Wildman–Crippen MR) is 100 cm³/mol. The molecule has 0 aliphatic carbocycles. The monoisotopic (exact) mass is 358 g/mol. The van der Waals surface area contributed by atoms with Crippen LogP contribution >= 0.6 is 0 Å². The molecule has 0 bridgehead atoms. The number of fused-ring (bicyclic) bond motifs is 2. The van der Waals surface area contributed by atoms with Crippen LogP contribution in [0.3, 0.4) is 0 Å². The Kier molecular flexibility index (Phi) is 4.59. The van der Waals surface area contributed by atoms with Crippen LogP contribution in [0.1, 0.15) is 74.2 Å². The molecule has 1 aliphatic heterocycles. The largest absolute Gasteiger partial charge is 0.487 e. The highest BCUT2D eigenvalue weighted by Crippen LogP contribution is 2.47. The van der Waals surface area contributed by atoms with Gasteiger partial charge in [-0.05, 0) is 52.0 Å². The lowest BCUT2D eigenvalue weighted by Gasteiger charge is -2.38. The van der Waals surface area contributed by atoms with E-state index < -0.39 is 5.97 Å². The molecule has 1 unspecified atom stereocenters. The van der Waals surface area contributed by atoms with E-state index in [4.69, 9.17) is 13.9 Å². The van der Waals surface area contributed by atoms with Crippen LogP contribution in [0.5, 0.6) is 5.75 Å². The Balaban J connectivity index is 2.38. The molecule has 0 N–H and O–H groups in total. The highest BCUT2D eigenvalue weighted by atomic mass is 16.5. The van der Waals surface area contributed by atoms with Crippen molar-refractivity contribution in [2.45, 2.75) is 65.9 Å². The van der Waals surface area contributed by atoms with Gasteiger partial charge in [0.05, 0.1) is 12.0 Å². The van der Waals surface area contributed by atoms with Crippen LogP contribution in [-0.2, 0) is 11.2 Å². The molecule has 2 aromatic rings. The Morgan fingerprint density at radius 2 is 2.04 bits per heavy atom. The third kappa shape index (κ3) is 2.89. The lowest BCUT2D eigenvalue weighted by atomic mass is 9.81. The fraction of sp³-hybridized carbons (Fsp3) is 0.524. The molecule has 1 aromatic heterocycles. The van der Waals surface area contributed by atoms with Gasteiger partial charge in [0.2, 0.25) is 5.76 Å². The SMILES string of the molecule is CCOC(=O)c1cc(=O)c2c(C)c3c(c(CC)c2o1)OC(C)(C)CC3C. The van der Waals surface area contributed by atoms with Gasteiger partial charge in [-0.3, -0.25) is 4.79 Å². The lowest BCUT2D eigenvalue weighted by molar-refractivity contribution is 0.0489. The summed E-state index contributed by atoms with van der Waals surface area (Å²) in [5.74, 6) is 0.373. The second-order valence-corrected chi connectivity index (χ2v) is 7.57. The molecule has 1 atom stereocenters. The van der Waals surface area contributed by atoms with Crippen molar-refractivity contribution in [2.75, 3.05) is 6.61 Å². The zero-order chi connectivity index (χ0) is 19.2. The van der Waals surface area contributed by atoms with Crippen LogP contribution < -0.4 is 10.2 Å². The summed E-state index contributed by atoms with van der Waals surface area (Å²) in [6.07, 6.45) is 1.51. The van der Waals surface area contributed by atoms with Crippen molar-refractivity contribution in [3.63, 3.8) is 0 Å². The van der Waals surface area contributed by atoms with Crippen LogP contribution in [0.25, 0.3) is 11.0 Å². The van der Waals surface area contributed by atoms with Gasteiger partial charge in [0, 0.05) is 17.2 Å². The highest BCUT2D eigenvalue weighted by molar-refractivity contribution is 5.92. The second kappa shape index (κ2) is 6.45. The predicted octanol–water partition coefficient (Wildman–Crippen LogP) is 4.51. The first kappa shape index (κ1) is 18.5. The number of benzene rings is 1. The summed E-state index contributed by atoms with van der Waals surface area (Å²) < 4.78 is 17.2. The van der Waals surface area contributed by atoms with Gasteiger partial charge in [0.1, 0.15) is 16.9 Å². The molecule has 0 radical (unpaired) electrons. The minimum absolute atomic E-state index is 0.0680. The van der Waals surface area contributed by atoms with Crippen LogP contribution in [0.4, 0.5) is 0 Å². The summed E-state index contributed by atoms with van der Waals surface area (Å²) in [4.78, 5) is 24.9. The molecule has 2 heterocycles. The molecule has 0 amide bonds. The van der Waals surface area contributed by atoms with E-state index >= 15 is 0 Å². The maximum atomic E-state index is 12.8. The third-order valence-corrected chi connectivity index (χ3v) is 5.02. The van der Waals surface area contributed by atoms with Gasteiger partial charge in [-0.15, -0.1) is 0 Å². The Bertz CT molecular complexity index is 936. The maximum Gasteiger partial charge on any atom is 0.374 e. The summed E-state index contributed by atoms with van der Waals surface area (Å²) in [5.41, 5.74) is 2.70. The van der Waals surface area contributed by atoms with E-state index in [0.29, 0.717) is 17.4 Å². The molecule has 0 spiro atoms. The Morgan fingerprint density at radius 3 is 2.65 bits per heavy atom. The summed E-state index contributed by atoms with van der Waals surface area (Å²) >= 11 is 0. The van der Waals surface area contributed by atoms with E-state index in [0.717, 1.165) is 28.9 Å². The van der Waals surface area contributed by atoms with Crippen molar-refractivity contribution in [1.82, 2.24) is 0 Å². The molecule has 1 aromatic carbocycles. The standard InChI is InChI=1S/C21H26O5/c1-7-13-18-17(14(22)9-15(25-18)20(23)24-8-2)12(4)16-11(3)10-21(5,6)26-19(13)16/h9,11H,7-8,10H2,1-6H3. The molecule has 0 fully saturated rings. The highest BCUT2D eigenvalue weighted by Gasteiger charge is 2.36. The van der Waals surface area contributed by atoms with E-state index in [-0.39, 0.29) is 29.3 Å². The zero-order valence-electron chi connectivity index (χ0n) is 16.3. The zero-order valence-corrected chi connectivity index (χ0v) is 16.3. The second-order valence-electron chi connectivity index (χ2n) is 7.57. The molecular formula is C21H26O5. The van der Waals surface area contributed by atoms with Crippen molar-refractivity contribution in [3.05, 3.63) is 38.7 Å². The number of esters is 1. The molecule has 0 saturated carbocycles. The van der Waals surface area contributed by atoms with E-state index in [2.05, 4.69) is 20.8 Å². The average molecular weight is 358 g/mol. The lowest BCUT2D eigenvalue weighted by Crippen LogP contribution is -2.35. The van der Waals surface area contributed by atoms with E-state index in [1.54, 1.807) is 6.92 Å². The molecule has 3 rings (SSSR count). The first-order valence-corrected chi connectivity index (χ1v) is 9.19. The number of aryl methyl sites for hydroxylation is 2. The first-order valence-electron chi connectivity index (χ1n) is 9.19. The molecule has 26 heavy (non-hydrogen) atoms. The van der Waals surface area contributed by atoms with Crippen molar-refractivity contribution >= 4 is 16.9 Å². The summed E-state index contributed by atoms with van der Waals surface area (Å²) in [6.45, 7) is 12.2.